The molecule has 0 aromatic heterocycles. The third kappa shape index (κ3) is 5.61. The van der Waals surface area contributed by atoms with Crippen LogP contribution in [0.4, 0.5) is 0 Å². The van der Waals surface area contributed by atoms with Gasteiger partial charge in [0.1, 0.15) is 0 Å². The minimum absolute atomic E-state index is 0.207. The van der Waals surface area contributed by atoms with E-state index in [4.69, 9.17) is 4.74 Å². The first-order valence-electron chi connectivity index (χ1n) is 9.72. The Balaban J connectivity index is 2.03. The van der Waals surface area contributed by atoms with Gasteiger partial charge in [0, 0.05) is 13.2 Å². The van der Waals surface area contributed by atoms with Gasteiger partial charge in [0.2, 0.25) is 0 Å². The Morgan fingerprint density at radius 1 is 1.04 bits per heavy atom. The number of likely N-dealkylation sites (N-methyl/N-ethyl adjacent to an activating group) is 1. The molecule has 0 N–H and O–H groups in total. The first kappa shape index (κ1) is 18.5. The lowest BCUT2D eigenvalue weighted by molar-refractivity contribution is 0.0254. The normalized spacial score (nSPS) is 17.0. The molecule has 0 bridgehead atoms. The molecule has 0 aliphatic heterocycles. The summed E-state index contributed by atoms with van der Waals surface area (Å²) in [5.74, 6) is 0.797. The predicted molar refractivity (Wildman–Crippen MR) is 99.0 cm³/mol. The third-order valence-corrected chi connectivity index (χ3v) is 5.27. The first-order valence-corrected chi connectivity index (χ1v) is 9.72. The maximum atomic E-state index is 6.23. The van der Waals surface area contributed by atoms with Gasteiger partial charge < -0.3 is 9.64 Å². The molecule has 2 heteroatoms. The summed E-state index contributed by atoms with van der Waals surface area (Å²) in [6.45, 7) is 10.7. The van der Waals surface area contributed by atoms with Crippen LogP contribution in [0.3, 0.4) is 0 Å². The maximum absolute atomic E-state index is 6.23. The van der Waals surface area contributed by atoms with Gasteiger partial charge in [0.05, 0.1) is 6.10 Å². The largest absolute Gasteiger partial charge is 0.372 e. The lowest BCUT2D eigenvalue weighted by Gasteiger charge is -2.26. The summed E-state index contributed by atoms with van der Waals surface area (Å²) in [5.41, 5.74) is 2.87. The molecular formula is C21H35NO. The Kier molecular flexibility index (Phi) is 8.11. The molecule has 1 aliphatic rings. The van der Waals surface area contributed by atoms with Crippen LogP contribution in [-0.2, 0) is 4.74 Å². The van der Waals surface area contributed by atoms with E-state index in [0.717, 1.165) is 38.6 Å². The highest BCUT2D eigenvalue weighted by Crippen LogP contribution is 2.34. The molecule has 2 nitrogen and oxygen atoms in total. The van der Waals surface area contributed by atoms with Crippen molar-refractivity contribution in [3.63, 3.8) is 0 Å². The number of nitrogens with zero attached hydrogens (tertiary/aromatic N) is 1. The Hall–Kier alpha value is -0.860. The maximum Gasteiger partial charge on any atom is 0.0951 e. The molecule has 2 rings (SSSR count). The lowest BCUT2D eigenvalue weighted by atomic mass is 9.95. The molecule has 1 aliphatic carbocycles. The van der Waals surface area contributed by atoms with Crippen LogP contribution in [0.25, 0.3) is 0 Å². The van der Waals surface area contributed by atoms with Gasteiger partial charge in [-0.1, -0.05) is 64.3 Å². The van der Waals surface area contributed by atoms with Crippen LogP contribution >= 0.6 is 0 Å². The molecule has 1 aromatic rings. The van der Waals surface area contributed by atoms with Gasteiger partial charge in [0.25, 0.3) is 0 Å². The van der Waals surface area contributed by atoms with E-state index in [9.17, 15) is 0 Å². The van der Waals surface area contributed by atoms with Crippen molar-refractivity contribution in [2.24, 2.45) is 0 Å². The molecule has 130 valence electrons. The fraction of sp³-hybridized carbons (Fsp3) is 0.714. The van der Waals surface area contributed by atoms with E-state index in [0.29, 0.717) is 0 Å². The van der Waals surface area contributed by atoms with E-state index in [1.165, 1.54) is 43.2 Å². The fourth-order valence-corrected chi connectivity index (χ4v) is 3.58. The van der Waals surface area contributed by atoms with Crippen molar-refractivity contribution in [3.8, 4) is 0 Å². The zero-order chi connectivity index (χ0) is 16.5. The molecule has 0 radical (unpaired) electrons. The number of benzene rings is 1. The fourth-order valence-electron chi connectivity index (χ4n) is 3.58. The van der Waals surface area contributed by atoms with E-state index in [1.807, 2.05) is 0 Å². The molecule has 0 heterocycles. The van der Waals surface area contributed by atoms with Crippen molar-refractivity contribution in [2.75, 3.05) is 26.2 Å². The van der Waals surface area contributed by atoms with Crippen molar-refractivity contribution in [1.82, 2.24) is 4.90 Å². The molecule has 0 amide bonds. The van der Waals surface area contributed by atoms with Crippen LogP contribution in [0.5, 0.6) is 0 Å². The number of unbranched alkanes of at least 4 members (excludes halogenated alkanes) is 1. The predicted octanol–water partition coefficient (Wildman–Crippen LogP) is 5.54. The summed E-state index contributed by atoms with van der Waals surface area (Å²) in [4.78, 5) is 2.46. The SMILES string of the molecule is CCCCOC(CN(CC)CC)c1ccc(C2CCCC2)cc1. The summed E-state index contributed by atoms with van der Waals surface area (Å²) in [6.07, 6.45) is 8.09. The number of hydrogen-bond acceptors (Lipinski definition) is 2. The Labute approximate surface area is 143 Å². The highest BCUT2D eigenvalue weighted by molar-refractivity contribution is 5.27. The van der Waals surface area contributed by atoms with Crippen molar-refractivity contribution in [2.45, 2.75) is 71.3 Å². The number of rotatable bonds is 10. The average molecular weight is 318 g/mol. The average Bonchev–Trinajstić information content (AvgIpc) is 3.13. The van der Waals surface area contributed by atoms with Crippen LogP contribution in [-0.4, -0.2) is 31.1 Å². The third-order valence-electron chi connectivity index (χ3n) is 5.27. The van der Waals surface area contributed by atoms with E-state index in [2.05, 4.69) is 49.9 Å². The van der Waals surface area contributed by atoms with Gasteiger partial charge >= 0.3 is 0 Å². The van der Waals surface area contributed by atoms with Crippen LogP contribution in [0, 0.1) is 0 Å². The van der Waals surface area contributed by atoms with Gasteiger partial charge in [0.15, 0.2) is 0 Å². The Morgan fingerprint density at radius 3 is 2.26 bits per heavy atom. The molecular weight excluding hydrogens is 282 g/mol. The highest BCUT2D eigenvalue weighted by atomic mass is 16.5. The van der Waals surface area contributed by atoms with Gasteiger partial charge in [-0.2, -0.15) is 0 Å². The summed E-state index contributed by atoms with van der Waals surface area (Å²) in [6, 6.07) is 9.33. The van der Waals surface area contributed by atoms with Crippen molar-refractivity contribution in [3.05, 3.63) is 35.4 Å². The summed E-state index contributed by atoms with van der Waals surface area (Å²) in [5, 5.41) is 0. The highest BCUT2D eigenvalue weighted by Gasteiger charge is 2.19. The monoisotopic (exact) mass is 317 g/mol. The number of hydrogen-bond donors (Lipinski definition) is 0. The Bertz CT molecular complexity index is 418. The smallest absolute Gasteiger partial charge is 0.0951 e. The van der Waals surface area contributed by atoms with Crippen LogP contribution in [0.15, 0.2) is 24.3 Å². The van der Waals surface area contributed by atoms with Gasteiger partial charge in [-0.25, -0.2) is 0 Å². The molecule has 1 aromatic carbocycles. The quantitative estimate of drug-likeness (QED) is 0.525. The molecule has 1 unspecified atom stereocenters. The molecule has 1 atom stereocenters. The lowest BCUT2D eigenvalue weighted by Crippen LogP contribution is -2.29. The van der Waals surface area contributed by atoms with E-state index in [-0.39, 0.29) is 6.10 Å². The summed E-state index contributed by atoms with van der Waals surface area (Å²) >= 11 is 0. The van der Waals surface area contributed by atoms with Crippen LogP contribution in [0.1, 0.15) is 82.4 Å². The minimum atomic E-state index is 0.207. The van der Waals surface area contributed by atoms with Gasteiger partial charge in [-0.05, 0) is 49.4 Å². The zero-order valence-corrected chi connectivity index (χ0v) is 15.4. The van der Waals surface area contributed by atoms with Crippen molar-refractivity contribution in [1.29, 1.82) is 0 Å². The molecule has 1 saturated carbocycles. The second-order valence-electron chi connectivity index (χ2n) is 6.85. The van der Waals surface area contributed by atoms with E-state index >= 15 is 0 Å². The van der Waals surface area contributed by atoms with E-state index in [1.54, 1.807) is 0 Å². The van der Waals surface area contributed by atoms with Crippen molar-refractivity contribution < 1.29 is 4.74 Å². The second-order valence-corrected chi connectivity index (χ2v) is 6.85. The molecule has 1 fully saturated rings. The van der Waals surface area contributed by atoms with Crippen molar-refractivity contribution >= 4 is 0 Å². The Morgan fingerprint density at radius 2 is 1.70 bits per heavy atom. The number of ether oxygens (including phenoxy) is 1. The van der Waals surface area contributed by atoms with Gasteiger partial charge in [-0.15, -0.1) is 0 Å². The topological polar surface area (TPSA) is 12.5 Å². The summed E-state index contributed by atoms with van der Waals surface area (Å²) < 4.78 is 6.23. The minimum Gasteiger partial charge on any atom is -0.372 e. The summed E-state index contributed by atoms with van der Waals surface area (Å²) in [7, 11) is 0. The second kappa shape index (κ2) is 10.1. The zero-order valence-electron chi connectivity index (χ0n) is 15.4. The first-order chi connectivity index (χ1) is 11.3. The van der Waals surface area contributed by atoms with Gasteiger partial charge in [-0.3, -0.25) is 0 Å². The molecule has 0 saturated heterocycles. The molecule has 0 spiro atoms. The standard InChI is InChI=1S/C21H35NO/c1-4-7-16-23-21(17-22(5-2)6-3)20-14-12-19(13-15-20)18-10-8-9-11-18/h12-15,18,21H,4-11,16-17H2,1-3H3. The van der Waals surface area contributed by atoms with Crippen LogP contribution in [0.2, 0.25) is 0 Å². The van der Waals surface area contributed by atoms with E-state index < -0.39 is 0 Å². The molecule has 23 heavy (non-hydrogen) atoms. The van der Waals surface area contributed by atoms with Crippen LogP contribution < -0.4 is 0 Å².